The number of nitrogens with zero attached hydrogens (tertiary/aromatic N) is 4. The van der Waals surface area contributed by atoms with Gasteiger partial charge in [-0.2, -0.15) is 0 Å². The Morgan fingerprint density at radius 3 is 2.89 bits per heavy atom. The Kier molecular flexibility index (Phi) is 3.59. The third-order valence-electron chi connectivity index (χ3n) is 3.30. The summed E-state index contributed by atoms with van der Waals surface area (Å²) < 4.78 is 1.56. The monoisotopic (exact) mass is 252 g/mol. The zero-order valence-electron chi connectivity index (χ0n) is 10.2. The van der Waals surface area contributed by atoms with Crippen molar-refractivity contribution in [3.63, 3.8) is 0 Å². The van der Waals surface area contributed by atoms with Gasteiger partial charge in [-0.3, -0.25) is 9.48 Å². The molecular formula is C11H16N4O3. The minimum absolute atomic E-state index is 0.0119. The lowest BCUT2D eigenvalue weighted by atomic mass is 10.0. The maximum atomic E-state index is 12.0. The van der Waals surface area contributed by atoms with Crippen LogP contribution in [0.2, 0.25) is 0 Å². The number of hydrogen-bond acceptors (Lipinski definition) is 4. The van der Waals surface area contributed by atoms with E-state index in [4.69, 9.17) is 5.11 Å². The van der Waals surface area contributed by atoms with Crippen molar-refractivity contribution in [1.29, 1.82) is 0 Å². The number of aryl methyl sites for hydroxylation is 1. The van der Waals surface area contributed by atoms with Gasteiger partial charge in [0.2, 0.25) is 5.91 Å². The first-order chi connectivity index (χ1) is 8.59. The topological polar surface area (TPSA) is 88.3 Å². The third-order valence-corrected chi connectivity index (χ3v) is 3.30. The number of aromatic nitrogens is 3. The molecule has 18 heavy (non-hydrogen) atoms. The lowest BCUT2D eigenvalue weighted by Crippen LogP contribution is -2.43. The molecule has 1 amide bonds. The average Bonchev–Trinajstić information content (AvgIpc) is 2.94. The summed E-state index contributed by atoms with van der Waals surface area (Å²) in [6, 6.07) is -0.687. The number of carboxylic acid groups (broad SMARTS) is 1. The van der Waals surface area contributed by atoms with Crippen LogP contribution >= 0.6 is 0 Å². The lowest BCUT2D eigenvalue weighted by Gasteiger charge is -2.23. The molecule has 98 valence electrons. The molecule has 2 atom stereocenters. The lowest BCUT2D eigenvalue weighted by molar-refractivity contribution is -0.149. The number of aliphatic carboxylic acids is 1. The fourth-order valence-electron chi connectivity index (χ4n) is 2.31. The van der Waals surface area contributed by atoms with Gasteiger partial charge in [-0.1, -0.05) is 12.1 Å². The molecule has 1 aliphatic rings. The van der Waals surface area contributed by atoms with E-state index in [1.54, 1.807) is 17.1 Å². The van der Waals surface area contributed by atoms with Crippen LogP contribution in [0.4, 0.5) is 0 Å². The van der Waals surface area contributed by atoms with Crippen LogP contribution in [0.5, 0.6) is 0 Å². The van der Waals surface area contributed by atoms with E-state index in [0.29, 0.717) is 13.1 Å². The molecule has 2 unspecified atom stereocenters. The summed E-state index contributed by atoms with van der Waals surface area (Å²) in [5.41, 5.74) is 0. The molecule has 7 nitrogen and oxygen atoms in total. The summed E-state index contributed by atoms with van der Waals surface area (Å²) in [6.45, 7) is 2.81. The summed E-state index contributed by atoms with van der Waals surface area (Å²) in [5, 5.41) is 16.5. The van der Waals surface area contributed by atoms with Gasteiger partial charge >= 0.3 is 5.97 Å². The number of likely N-dealkylation sites (tertiary alicyclic amines) is 1. The fourth-order valence-corrected chi connectivity index (χ4v) is 2.31. The Balaban J connectivity index is 1.94. The molecule has 1 aromatic heterocycles. The van der Waals surface area contributed by atoms with Crippen LogP contribution in [0.3, 0.4) is 0 Å². The molecule has 1 saturated heterocycles. The molecule has 0 aromatic carbocycles. The van der Waals surface area contributed by atoms with E-state index in [-0.39, 0.29) is 18.2 Å². The Morgan fingerprint density at radius 2 is 2.28 bits per heavy atom. The van der Waals surface area contributed by atoms with Gasteiger partial charge in [0.05, 0.1) is 12.7 Å². The summed E-state index contributed by atoms with van der Waals surface area (Å²) in [5.74, 6) is -1.05. The summed E-state index contributed by atoms with van der Waals surface area (Å²) in [7, 11) is 0. The standard InChI is InChI=1S/C11H16N4O3/c1-8-2-6-15(10(8)11(17)18)9(16)3-5-14-7-4-12-13-14/h4,7-8,10H,2-3,5-6H2,1H3,(H,17,18). The van der Waals surface area contributed by atoms with Crippen LogP contribution in [-0.4, -0.2) is 49.5 Å². The van der Waals surface area contributed by atoms with E-state index in [2.05, 4.69) is 10.3 Å². The van der Waals surface area contributed by atoms with Crippen molar-refractivity contribution in [1.82, 2.24) is 19.9 Å². The number of carboxylic acids is 1. The van der Waals surface area contributed by atoms with Crippen molar-refractivity contribution in [3.8, 4) is 0 Å². The normalized spacial score (nSPS) is 23.3. The maximum absolute atomic E-state index is 12.0. The van der Waals surface area contributed by atoms with Crippen LogP contribution in [-0.2, 0) is 16.1 Å². The van der Waals surface area contributed by atoms with Crippen molar-refractivity contribution in [2.45, 2.75) is 32.4 Å². The Morgan fingerprint density at radius 1 is 1.50 bits per heavy atom. The van der Waals surface area contributed by atoms with E-state index < -0.39 is 12.0 Å². The Labute approximate surface area is 104 Å². The van der Waals surface area contributed by atoms with Gasteiger partial charge in [0, 0.05) is 19.2 Å². The minimum atomic E-state index is -0.922. The first-order valence-electron chi connectivity index (χ1n) is 5.96. The molecule has 0 aliphatic carbocycles. The smallest absolute Gasteiger partial charge is 0.326 e. The van der Waals surface area contributed by atoms with Crippen LogP contribution < -0.4 is 0 Å². The highest BCUT2D eigenvalue weighted by molar-refractivity contribution is 5.84. The molecule has 0 saturated carbocycles. The molecule has 7 heteroatoms. The van der Waals surface area contributed by atoms with E-state index in [1.807, 2.05) is 6.92 Å². The third kappa shape index (κ3) is 2.49. The average molecular weight is 252 g/mol. The Bertz CT molecular complexity index is 432. The fraction of sp³-hybridized carbons (Fsp3) is 0.636. The SMILES string of the molecule is CC1CCN(C(=O)CCn2ccnn2)C1C(=O)O. The second-order valence-corrected chi connectivity index (χ2v) is 4.55. The zero-order valence-corrected chi connectivity index (χ0v) is 10.2. The van der Waals surface area contributed by atoms with Crippen LogP contribution in [0.25, 0.3) is 0 Å². The molecule has 1 N–H and O–H groups in total. The molecule has 1 aromatic rings. The minimum Gasteiger partial charge on any atom is -0.480 e. The maximum Gasteiger partial charge on any atom is 0.326 e. The van der Waals surface area contributed by atoms with Crippen LogP contribution in [0.15, 0.2) is 12.4 Å². The number of carbonyl (C=O) groups excluding carboxylic acids is 1. The number of rotatable bonds is 4. The molecular weight excluding hydrogens is 236 g/mol. The summed E-state index contributed by atoms with van der Waals surface area (Å²) in [4.78, 5) is 24.6. The zero-order chi connectivity index (χ0) is 13.1. The molecule has 1 aliphatic heterocycles. The van der Waals surface area contributed by atoms with Gasteiger partial charge in [0.25, 0.3) is 0 Å². The molecule has 0 radical (unpaired) electrons. The molecule has 2 heterocycles. The molecule has 0 spiro atoms. The van der Waals surface area contributed by atoms with Gasteiger partial charge in [-0.05, 0) is 12.3 Å². The van der Waals surface area contributed by atoms with Crippen LogP contribution in [0.1, 0.15) is 19.8 Å². The first-order valence-corrected chi connectivity index (χ1v) is 5.96. The van der Waals surface area contributed by atoms with E-state index in [9.17, 15) is 9.59 Å². The highest BCUT2D eigenvalue weighted by Gasteiger charge is 2.39. The van der Waals surface area contributed by atoms with Crippen molar-refractivity contribution in [2.75, 3.05) is 6.54 Å². The number of hydrogen-bond donors (Lipinski definition) is 1. The van der Waals surface area contributed by atoms with Crippen molar-refractivity contribution < 1.29 is 14.7 Å². The second-order valence-electron chi connectivity index (χ2n) is 4.55. The highest BCUT2D eigenvalue weighted by Crippen LogP contribution is 2.24. The predicted octanol–water partition coefficient (Wildman–Crippen LogP) is -0.0102. The van der Waals surface area contributed by atoms with Crippen molar-refractivity contribution in [2.24, 2.45) is 5.92 Å². The van der Waals surface area contributed by atoms with Crippen molar-refractivity contribution in [3.05, 3.63) is 12.4 Å². The highest BCUT2D eigenvalue weighted by atomic mass is 16.4. The second kappa shape index (κ2) is 5.16. The number of amides is 1. The largest absolute Gasteiger partial charge is 0.480 e. The molecule has 1 fully saturated rings. The van der Waals surface area contributed by atoms with Crippen molar-refractivity contribution >= 4 is 11.9 Å². The summed E-state index contributed by atoms with van der Waals surface area (Å²) >= 11 is 0. The van der Waals surface area contributed by atoms with Gasteiger partial charge in [-0.15, -0.1) is 5.10 Å². The molecule has 0 bridgehead atoms. The number of carbonyl (C=O) groups is 2. The van der Waals surface area contributed by atoms with Gasteiger partial charge in [0.15, 0.2) is 0 Å². The van der Waals surface area contributed by atoms with E-state index in [1.165, 1.54) is 4.90 Å². The van der Waals surface area contributed by atoms with Gasteiger partial charge in [-0.25, -0.2) is 4.79 Å². The van der Waals surface area contributed by atoms with Gasteiger partial charge in [0.1, 0.15) is 6.04 Å². The molecule has 2 rings (SSSR count). The Hall–Kier alpha value is -1.92. The van der Waals surface area contributed by atoms with E-state index in [0.717, 1.165) is 6.42 Å². The van der Waals surface area contributed by atoms with Crippen LogP contribution in [0, 0.1) is 5.92 Å². The van der Waals surface area contributed by atoms with Gasteiger partial charge < -0.3 is 10.0 Å². The first kappa shape index (κ1) is 12.5. The predicted molar refractivity (Wildman–Crippen MR) is 61.6 cm³/mol. The summed E-state index contributed by atoms with van der Waals surface area (Å²) in [6.07, 6.45) is 4.21. The quantitative estimate of drug-likeness (QED) is 0.814. The van der Waals surface area contributed by atoms with E-state index >= 15 is 0 Å².